The number of nitrogens with zero attached hydrogens (tertiary/aromatic N) is 1. The Kier molecular flexibility index (Phi) is 6.25. The van der Waals surface area contributed by atoms with Gasteiger partial charge in [0.2, 0.25) is 10.0 Å². The van der Waals surface area contributed by atoms with Crippen molar-refractivity contribution in [1.29, 1.82) is 0 Å². The molecule has 8 heteroatoms. The number of carbonyl (C=O) groups excluding carboxylic acids is 1. The van der Waals surface area contributed by atoms with Crippen molar-refractivity contribution in [2.45, 2.75) is 24.7 Å². The van der Waals surface area contributed by atoms with E-state index in [0.717, 1.165) is 17.3 Å². The van der Waals surface area contributed by atoms with Gasteiger partial charge in [0.1, 0.15) is 10.6 Å². The fourth-order valence-electron chi connectivity index (χ4n) is 3.00. The van der Waals surface area contributed by atoms with E-state index in [1.807, 2.05) is 6.92 Å². The van der Waals surface area contributed by atoms with Crippen molar-refractivity contribution in [1.82, 2.24) is 4.31 Å². The van der Waals surface area contributed by atoms with E-state index in [9.17, 15) is 13.2 Å². The molecule has 5 nitrogen and oxygen atoms in total. The van der Waals surface area contributed by atoms with E-state index in [1.165, 1.54) is 22.5 Å². The Hall–Kier alpha value is -1.41. The summed E-state index contributed by atoms with van der Waals surface area (Å²) in [5.74, 6) is 0.0164. The van der Waals surface area contributed by atoms with Crippen molar-refractivity contribution in [2.75, 3.05) is 13.1 Å². The van der Waals surface area contributed by atoms with Crippen LogP contribution in [0.25, 0.3) is 0 Å². The third kappa shape index (κ3) is 4.71. The summed E-state index contributed by atoms with van der Waals surface area (Å²) < 4.78 is 33.6. The lowest BCUT2D eigenvalue weighted by atomic mass is 10.0. The number of esters is 1. The van der Waals surface area contributed by atoms with Gasteiger partial charge in [-0.25, -0.2) is 13.2 Å². The zero-order valence-electron chi connectivity index (χ0n) is 14.7. The van der Waals surface area contributed by atoms with Crippen LogP contribution in [0.1, 0.15) is 30.1 Å². The summed E-state index contributed by atoms with van der Waals surface area (Å²) >= 11 is 9.47. The summed E-state index contributed by atoms with van der Waals surface area (Å²) in [7, 11) is -3.77. The molecule has 0 aromatic heterocycles. The molecular formula is C19H19BrClNO4S. The Morgan fingerprint density at radius 1 is 1.22 bits per heavy atom. The van der Waals surface area contributed by atoms with E-state index in [-0.39, 0.29) is 21.4 Å². The summed E-state index contributed by atoms with van der Waals surface area (Å²) in [6.07, 6.45) is 1.81. The molecule has 27 heavy (non-hydrogen) atoms. The maximum Gasteiger partial charge on any atom is 0.343 e. The van der Waals surface area contributed by atoms with Crippen LogP contribution in [0.2, 0.25) is 5.02 Å². The molecule has 1 atom stereocenters. The van der Waals surface area contributed by atoms with Crippen LogP contribution < -0.4 is 4.74 Å². The maximum absolute atomic E-state index is 13.0. The van der Waals surface area contributed by atoms with Crippen LogP contribution in [0.5, 0.6) is 5.75 Å². The van der Waals surface area contributed by atoms with Gasteiger partial charge in [-0.3, -0.25) is 0 Å². The molecule has 1 fully saturated rings. The van der Waals surface area contributed by atoms with Crippen molar-refractivity contribution >= 4 is 43.5 Å². The molecule has 0 N–H and O–H groups in total. The number of hydrogen-bond donors (Lipinski definition) is 0. The summed E-state index contributed by atoms with van der Waals surface area (Å²) in [5.41, 5.74) is 0.131. The first-order valence-corrected chi connectivity index (χ1v) is 11.2. The van der Waals surface area contributed by atoms with Gasteiger partial charge in [-0.15, -0.1) is 0 Å². The molecule has 0 saturated carbocycles. The van der Waals surface area contributed by atoms with Crippen LogP contribution in [0.4, 0.5) is 0 Å². The van der Waals surface area contributed by atoms with E-state index in [1.54, 1.807) is 24.3 Å². The topological polar surface area (TPSA) is 63.7 Å². The van der Waals surface area contributed by atoms with Crippen LogP contribution in [-0.4, -0.2) is 31.8 Å². The Balaban J connectivity index is 1.87. The first-order chi connectivity index (χ1) is 12.8. The lowest BCUT2D eigenvalue weighted by molar-refractivity contribution is 0.0734. The Morgan fingerprint density at radius 3 is 2.59 bits per heavy atom. The molecule has 1 saturated heterocycles. The van der Waals surface area contributed by atoms with Crippen molar-refractivity contribution < 1.29 is 17.9 Å². The summed E-state index contributed by atoms with van der Waals surface area (Å²) in [4.78, 5) is 12.4. The van der Waals surface area contributed by atoms with E-state index in [2.05, 4.69) is 15.9 Å². The minimum absolute atomic E-state index is 0.0662. The van der Waals surface area contributed by atoms with Gasteiger partial charge in [0.05, 0.1) is 10.6 Å². The van der Waals surface area contributed by atoms with Gasteiger partial charge in [0.15, 0.2) is 0 Å². The van der Waals surface area contributed by atoms with E-state index in [4.69, 9.17) is 16.3 Å². The standard InChI is InChI=1S/C19H19BrClNO4S/c1-13-3-2-10-22(12-13)27(24,25)18-11-14(4-9-17(18)21)19(23)26-16-7-5-15(20)6-8-16/h4-9,11,13H,2-3,10,12H2,1H3. The molecule has 2 aromatic carbocycles. The number of carbonyl (C=O) groups is 1. The molecular weight excluding hydrogens is 454 g/mol. The first kappa shape index (κ1) is 20.3. The first-order valence-electron chi connectivity index (χ1n) is 8.55. The van der Waals surface area contributed by atoms with Crippen molar-refractivity contribution in [3.8, 4) is 5.75 Å². The Labute approximate surface area is 172 Å². The third-order valence-corrected chi connectivity index (χ3v) is 7.30. The molecule has 1 unspecified atom stereocenters. The van der Waals surface area contributed by atoms with Crippen molar-refractivity contribution in [3.05, 3.63) is 57.5 Å². The quantitative estimate of drug-likeness (QED) is 0.476. The minimum atomic E-state index is -3.77. The third-order valence-electron chi connectivity index (χ3n) is 4.43. The monoisotopic (exact) mass is 471 g/mol. The molecule has 0 bridgehead atoms. The average Bonchev–Trinajstić information content (AvgIpc) is 2.63. The van der Waals surface area contributed by atoms with Crippen LogP contribution in [0.15, 0.2) is 51.8 Å². The molecule has 0 spiro atoms. The lowest BCUT2D eigenvalue weighted by Crippen LogP contribution is -2.39. The maximum atomic E-state index is 13.0. The largest absolute Gasteiger partial charge is 0.423 e. The second-order valence-electron chi connectivity index (χ2n) is 6.60. The second kappa shape index (κ2) is 8.31. The smallest absolute Gasteiger partial charge is 0.343 e. The number of rotatable bonds is 4. The highest BCUT2D eigenvalue weighted by atomic mass is 79.9. The number of halogens is 2. The normalized spacial score (nSPS) is 18.3. The number of hydrogen-bond acceptors (Lipinski definition) is 4. The van der Waals surface area contributed by atoms with Crippen LogP contribution >= 0.6 is 27.5 Å². The molecule has 1 aliphatic heterocycles. The van der Waals surface area contributed by atoms with Gasteiger partial charge in [-0.2, -0.15) is 4.31 Å². The summed E-state index contributed by atoms with van der Waals surface area (Å²) in [5, 5.41) is 0.0911. The SMILES string of the molecule is CC1CCCN(S(=O)(=O)c2cc(C(=O)Oc3ccc(Br)cc3)ccc2Cl)C1. The van der Waals surface area contributed by atoms with Gasteiger partial charge in [0.25, 0.3) is 0 Å². The molecule has 1 heterocycles. The molecule has 3 rings (SSSR count). The Morgan fingerprint density at radius 2 is 1.93 bits per heavy atom. The Bertz CT molecular complexity index is 947. The highest BCUT2D eigenvalue weighted by Gasteiger charge is 2.31. The number of benzene rings is 2. The van der Waals surface area contributed by atoms with Crippen molar-refractivity contribution in [2.24, 2.45) is 5.92 Å². The second-order valence-corrected chi connectivity index (χ2v) is 9.83. The highest BCUT2D eigenvalue weighted by Crippen LogP contribution is 2.29. The van der Waals surface area contributed by atoms with Crippen molar-refractivity contribution in [3.63, 3.8) is 0 Å². The van der Waals surface area contributed by atoms with Crippen LogP contribution in [0.3, 0.4) is 0 Å². The predicted molar refractivity (Wildman–Crippen MR) is 108 cm³/mol. The fourth-order valence-corrected chi connectivity index (χ4v) is 5.36. The number of ether oxygens (including phenoxy) is 1. The van der Waals surface area contributed by atoms with Gasteiger partial charge in [-0.1, -0.05) is 34.5 Å². The zero-order chi connectivity index (χ0) is 19.6. The summed E-state index contributed by atoms with van der Waals surface area (Å²) in [6.45, 7) is 2.93. The average molecular weight is 473 g/mol. The van der Waals surface area contributed by atoms with Gasteiger partial charge < -0.3 is 4.74 Å². The molecule has 0 radical (unpaired) electrons. The van der Waals surface area contributed by atoms with E-state index < -0.39 is 16.0 Å². The molecule has 0 amide bonds. The number of piperidine rings is 1. The van der Waals surface area contributed by atoms with E-state index in [0.29, 0.717) is 18.8 Å². The lowest BCUT2D eigenvalue weighted by Gasteiger charge is -2.30. The van der Waals surface area contributed by atoms with Gasteiger partial charge in [-0.05, 0) is 61.2 Å². The molecule has 2 aromatic rings. The predicted octanol–water partition coefficient (Wildman–Crippen LogP) is 4.74. The van der Waals surface area contributed by atoms with Gasteiger partial charge in [0, 0.05) is 17.6 Å². The highest BCUT2D eigenvalue weighted by molar-refractivity contribution is 9.10. The van der Waals surface area contributed by atoms with Crippen LogP contribution in [0, 0.1) is 5.92 Å². The molecule has 1 aliphatic rings. The van der Waals surface area contributed by atoms with E-state index >= 15 is 0 Å². The number of sulfonamides is 1. The minimum Gasteiger partial charge on any atom is -0.423 e. The zero-order valence-corrected chi connectivity index (χ0v) is 17.9. The fraction of sp³-hybridized carbons (Fsp3) is 0.316. The van der Waals surface area contributed by atoms with Gasteiger partial charge >= 0.3 is 5.97 Å². The summed E-state index contributed by atoms with van der Waals surface area (Å²) in [6, 6.07) is 10.9. The molecule has 144 valence electrons. The van der Waals surface area contributed by atoms with Crippen LogP contribution in [-0.2, 0) is 10.0 Å². The molecule has 0 aliphatic carbocycles.